The summed E-state index contributed by atoms with van der Waals surface area (Å²) in [6.07, 6.45) is 1.54. The standard InChI is InChI=1S/C11H12N4O4/c12-6-1-2-8(15(18)19)10-9(6)5(4-14-10)3-7(13)11(16)17/h1-2,4,7,14H,3,12-13H2,(H,16,17)/t7-/m0/s1. The van der Waals surface area contributed by atoms with Gasteiger partial charge in [-0.15, -0.1) is 0 Å². The molecule has 2 rings (SSSR count). The van der Waals surface area contributed by atoms with E-state index in [2.05, 4.69) is 4.98 Å². The van der Waals surface area contributed by atoms with Crippen LogP contribution in [0.1, 0.15) is 5.56 Å². The molecule has 0 aliphatic heterocycles. The third-order valence-electron chi connectivity index (χ3n) is 2.88. The van der Waals surface area contributed by atoms with E-state index < -0.39 is 16.9 Å². The molecule has 0 unspecified atom stereocenters. The second kappa shape index (κ2) is 4.58. The number of benzene rings is 1. The second-order valence-electron chi connectivity index (χ2n) is 4.14. The van der Waals surface area contributed by atoms with Crippen LogP contribution in [0.4, 0.5) is 11.4 Å². The van der Waals surface area contributed by atoms with Crippen LogP contribution < -0.4 is 11.5 Å². The van der Waals surface area contributed by atoms with Gasteiger partial charge in [-0.3, -0.25) is 14.9 Å². The Morgan fingerprint density at radius 1 is 1.53 bits per heavy atom. The number of hydrogen-bond donors (Lipinski definition) is 4. The number of aromatic nitrogens is 1. The summed E-state index contributed by atoms with van der Waals surface area (Å²) in [5.41, 5.74) is 12.3. The highest BCUT2D eigenvalue weighted by atomic mass is 16.6. The number of H-pyrrole nitrogens is 1. The number of carboxylic acid groups (broad SMARTS) is 1. The summed E-state index contributed by atoms with van der Waals surface area (Å²) in [6, 6.07) is 1.64. The first kappa shape index (κ1) is 12.8. The van der Waals surface area contributed by atoms with Crippen LogP contribution in [-0.4, -0.2) is 27.0 Å². The maximum atomic E-state index is 10.9. The Morgan fingerprint density at radius 2 is 2.21 bits per heavy atom. The Hall–Kier alpha value is -2.61. The summed E-state index contributed by atoms with van der Waals surface area (Å²) < 4.78 is 0. The molecule has 6 N–H and O–H groups in total. The lowest BCUT2D eigenvalue weighted by Crippen LogP contribution is -2.32. The number of anilines is 1. The van der Waals surface area contributed by atoms with Crippen molar-refractivity contribution in [3.63, 3.8) is 0 Å². The SMILES string of the molecule is Nc1ccc([N+](=O)[O-])c2[nH]cc(C[C@H](N)C(=O)O)c12. The molecule has 8 heteroatoms. The number of aromatic amines is 1. The molecule has 1 aromatic carbocycles. The van der Waals surface area contributed by atoms with Crippen molar-refractivity contribution in [1.29, 1.82) is 0 Å². The number of nitrogens with two attached hydrogens (primary N) is 2. The highest BCUT2D eigenvalue weighted by molar-refractivity contribution is 5.99. The molecule has 2 aromatic rings. The maximum Gasteiger partial charge on any atom is 0.320 e. The molecule has 0 bridgehead atoms. The molecule has 0 saturated heterocycles. The zero-order valence-corrected chi connectivity index (χ0v) is 9.79. The number of nitrogen functional groups attached to an aromatic ring is 1. The number of nitro groups is 1. The maximum absolute atomic E-state index is 10.9. The molecule has 0 fully saturated rings. The molecule has 1 atom stereocenters. The predicted octanol–water partition coefficient (Wildman–Crippen LogP) is 0.613. The first-order valence-corrected chi connectivity index (χ1v) is 5.43. The summed E-state index contributed by atoms with van der Waals surface area (Å²) in [5, 5.41) is 20.1. The second-order valence-corrected chi connectivity index (χ2v) is 4.14. The van der Waals surface area contributed by atoms with Gasteiger partial charge in [-0.25, -0.2) is 0 Å². The molecule has 8 nitrogen and oxygen atoms in total. The number of hydrogen-bond acceptors (Lipinski definition) is 5. The van der Waals surface area contributed by atoms with Gasteiger partial charge >= 0.3 is 5.97 Å². The van der Waals surface area contributed by atoms with Crippen LogP contribution in [0.5, 0.6) is 0 Å². The number of fused-ring (bicyclic) bond motifs is 1. The van der Waals surface area contributed by atoms with Crippen LogP contribution in [0.2, 0.25) is 0 Å². The number of nitro benzene ring substituents is 1. The Morgan fingerprint density at radius 3 is 2.79 bits per heavy atom. The van der Waals surface area contributed by atoms with E-state index in [1.165, 1.54) is 18.3 Å². The van der Waals surface area contributed by atoms with Crippen molar-refractivity contribution in [3.8, 4) is 0 Å². The first-order valence-electron chi connectivity index (χ1n) is 5.43. The highest BCUT2D eigenvalue weighted by Gasteiger charge is 2.20. The van der Waals surface area contributed by atoms with Gasteiger partial charge in [0, 0.05) is 29.8 Å². The minimum atomic E-state index is -1.14. The number of nitrogens with zero attached hydrogens (tertiary/aromatic N) is 1. The van der Waals surface area contributed by atoms with E-state index in [1.807, 2.05) is 0 Å². The van der Waals surface area contributed by atoms with Crippen LogP contribution >= 0.6 is 0 Å². The summed E-state index contributed by atoms with van der Waals surface area (Å²) >= 11 is 0. The van der Waals surface area contributed by atoms with E-state index >= 15 is 0 Å². The van der Waals surface area contributed by atoms with Gasteiger partial charge in [-0.1, -0.05) is 0 Å². The first-order chi connectivity index (χ1) is 8.91. The van der Waals surface area contributed by atoms with Crippen molar-refractivity contribution in [1.82, 2.24) is 4.98 Å². The lowest BCUT2D eigenvalue weighted by Gasteiger charge is -2.06. The fourth-order valence-corrected chi connectivity index (χ4v) is 1.97. The third kappa shape index (κ3) is 2.20. The molecule has 0 aliphatic carbocycles. The van der Waals surface area contributed by atoms with E-state index in [0.29, 0.717) is 16.6 Å². The molecule has 100 valence electrons. The molecular formula is C11H12N4O4. The van der Waals surface area contributed by atoms with E-state index in [9.17, 15) is 14.9 Å². The van der Waals surface area contributed by atoms with E-state index in [-0.39, 0.29) is 17.6 Å². The molecule has 1 heterocycles. The van der Waals surface area contributed by atoms with Crippen LogP contribution in [0, 0.1) is 10.1 Å². The fraction of sp³-hybridized carbons (Fsp3) is 0.182. The highest BCUT2D eigenvalue weighted by Crippen LogP contribution is 2.32. The number of rotatable bonds is 4. The molecule has 19 heavy (non-hydrogen) atoms. The van der Waals surface area contributed by atoms with Gasteiger partial charge in [-0.2, -0.15) is 0 Å². The predicted molar refractivity (Wildman–Crippen MR) is 68.7 cm³/mol. The minimum Gasteiger partial charge on any atom is -0.480 e. The van der Waals surface area contributed by atoms with Crippen LogP contribution in [0.25, 0.3) is 10.9 Å². The van der Waals surface area contributed by atoms with Crippen molar-refractivity contribution in [2.45, 2.75) is 12.5 Å². The Kier molecular flexibility index (Phi) is 3.09. The van der Waals surface area contributed by atoms with Crippen molar-refractivity contribution < 1.29 is 14.8 Å². The van der Waals surface area contributed by atoms with Gasteiger partial charge in [0.1, 0.15) is 11.6 Å². The molecule has 0 spiro atoms. The Bertz CT molecular complexity index is 664. The average Bonchev–Trinajstić information content (AvgIpc) is 2.73. The van der Waals surface area contributed by atoms with Gasteiger partial charge in [0.25, 0.3) is 5.69 Å². The number of carboxylic acids is 1. The summed E-state index contributed by atoms with van der Waals surface area (Å²) in [5.74, 6) is -1.14. The molecular weight excluding hydrogens is 252 g/mol. The third-order valence-corrected chi connectivity index (χ3v) is 2.88. The summed E-state index contributed by atoms with van der Waals surface area (Å²) in [7, 11) is 0. The van der Waals surface area contributed by atoms with Crippen molar-refractivity contribution in [2.24, 2.45) is 5.73 Å². The van der Waals surface area contributed by atoms with Gasteiger partial charge in [0.2, 0.25) is 0 Å². The van der Waals surface area contributed by atoms with Gasteiger partial charge in [-0.05, 0) is 11.6 Å². The zero-order valence-electron chi connectivity index (χ0n) is 9.79. The van der Waals surface area contributed by atoms with E-state index in [1.54, 1.807) is 0 Å². The van der Waals surface area contributed by atoms with Crippen LogP contribution in [0.15, 0.2) is 18.3 Å². The van der Waals surface area contributed by atoms with Crippen molar-refractivity contribution >= 4 is 28.2 Å². The zero-order chi connectivity index (χ0) is 14.2. The van der Waals surface area contributed by atoms with Crippen molar-refractivity contribution in [2.75, 3.05) is 5.73 Å². The van der Waals surface area contributed by atoms with Crippen LogP contribution in [0.3, 0.4) is 0 Å². The lowest BCUT2D eigenvalue weighted by atomic mass is 10.0. The number of aliphatic carboxylic acids is 1. The van der Waals surface area contributed by atoms with Crippen LogP contribution in [-0.2, 0) is 11.2 Å². The van der Waals surface area contributed by atoms with E-state index in [0.717, 1.165) is 0 Å². The van der Waals surface area contributed by atoms with Gasteiger partial charge < -0.3 is 21.6 Å². The normalized spacial score (nSPS) is 12.5. The summed E-state index contributed by atoms with van der Waals surface area (Å²) in [4.78, 5) is 23.9. The smallest absolute Gasteiger partial charge is 0.320 e. The lowest BCUT2D eigenvalue weighted by molar-refractivity contribution is -0.383. The Balaban J connectivity index is 2.56. The largest absolute Gasteiger partial charge is 0.480 e. The number of nitrogens with one attached hydrogen (secondary N) is 1. The van der Waals surface area contributed by atoms with Gasteiger partial charge in [0.05, 0.1) is 4.92 Å². The minimum absolute atomic E-state index is 0.0424. The Labute approximate surface area is 107 Å². The molecule has 0 aliphatic rings. The average molecular weight is 264 g/mol. The summed E-state index contributed by atoms with van der Waals surface area (Å²) in [6.45, 7) is 0. The fourth-order valence-electron chi connectivity index (χ4n) is 1.97. The molecule has 0 radical (unpaired) electrons. The topological polar surface area (TPSA) is 148 Å². The quantitative estimate of drug-likeness (QED) is 0.361. The van der Waals surface area contributed by atoms with Gasteiger partial charge in [0.15, 0.2) is 0 Å². The monoisotopic (exact) mass is 264 g/mol. The molecule has 1 aromatic heterocycles. The van der Waals surface area contributed by atoms with Crippen molar-refractivity contribution in [3.05, 3.63) is 34.0 Å². The number of carbonyl (C=O) groups is 1. The molecule has 0 amide bonds. The molecule has 0 saturated carbocycles. The number of non-ortho nitro benzene ring substituents is 1. The van der Waals surface area contributed by atoms with E-state index in [4.69, 9.17) is 16.6 Å².